The SMILES string of the molecule is O=C(O)c1nc(C2CCC2)nc2sccc12. The molecule has 1 aliphatic carbocycles. The van der Waals surface area contributed by atoms with Gasteiger partial charge in [0, 0.05) is 11.3 Å². The van der Waals surface area contributed by atoms with Crippen molar-refractivity contribution in [2.45, 2.75) is 25.2 Å². The highest BCUT2D eigenvalue weighted by atomic mass is 32.1. The van der Waals surface area contributed by atoms with Crippen LogP contribution in [0.15, 0.2) is 11.4 Å². The molecule has 2 aromatic heterocycles. The van der Waals surface area contributed by atoms with Gasteiger partial charge < -0.3 is 5.11 Å². The zero-order chi connectivity index (χ0) is 11.1. The minimum atomic E-state index is -0.966. The van der Waals surface area contributed by atoms with Crippen LogP contribution < -0.4 is 0 Å². The molecule has 1 aliphatic rings. The summed E-state index contributed by atoms with van der Waals surface area (Å²) in [5.41, 5.74) is 0.146. The highest BCUT2D eigenvalue weighted by Crippen LogP contribution is 2.35. The van der Waals surface area contributed by atoms with Gasteiger partial charge in [0.2, 0.25) is 0 Å². The second-order valence-electron chi connectivity index (χ2n) is 4.00. The van der Waals surface area contributed by atoms with Crippen LogP contribution in [0.2, 0.25) is 0 Å². The monoisotopic (exact) mass is 234 g/mol. The Balaban J connectivity index is 2.20. The molecular weight excluding hydrogens is 224 g/mol. The van der Waals surface area contributed by atoms with Crippen molar-refractivity contribution in [1.29, 1.82) is 0 Å². The van der Waals surface area contributed by atoms with Crippen molar-refractivity contribution >= 4 is 27.5 Å². The zero-order valence-electron chi connectivity index (χ0n) is 8.51. The smallest absolute Gasteiger partial charge is 0.355 e. The van der Waals surface area contributed by atoms with Gasteiger partial charge in [0.05, 0.1) is 0 Å². The first-order valence-corrected chi connectivity index (χ1v) is 6.12. The number of rotatable bonds is 2. The van der Waals surface area contributed by atoms with Gasteiger partial charge in [0.15, 0.2) is 5.69 Å². The van der Waals surface area contributed by atoms with Gasteiger partial charge >= 0.3 is 5.97 Å². The zero-order valence-corrected chi connectivity index (χ0v) is 9.33. The number of carboxylic acids is 1. The number of aromatic nitrogens is 2. The first-order chi connectivity index (χ1) is 7.75. The van der Waals surface area contributed by atoms with Crippen LogP contribution in [0.4, 0.5) is 0 Å². The topological polar surface area (TPSA) is 63.1 Å². The lowest BCUT2D eigenvalue weighted by molar-refractivity contribution is 0.0692. The predicted molar refractivity (Wildman–Crippen MR) is 61.0 cm³/mol. The summed E-state index contributed by atoms with van der Waals surface area (Å²) >= 11 is 1.47. The van der Waals surface area contributed by atoms with Crippen molar-refractivity contribution in [3.05, 3.63) is 23.0 Å². The summed E-state index contributed by atoms with van der Waals surface area (Å²) in [5, 5.41) is 11.6. The Labute approximate surface area is 96.0 Å². The van der Waals surface area contributed by atoms with Crippen molar-refractivity contribution in [3.63, 3.8) is 0 Å². The first kappa shape index (κ1) is 9.72. The van der Waals surface area contributed by atoms with Gasteiger partial charge in [0.25, 0.3) is 0 Å². The molecule has 2 aromatic rings. The minimum absolute atomic E-state index is 0.146. The molecule has 0 unspecified atom stereocenters. The van der Waals surface area contributed by atoms with Crippen molar-refractivity contribution in [3.8, 4) is 0 Å². The quantitative estimate of drug-likeness (QED) is 0.867. The van der Waals surface area contributed by atoms with Gasteiger partial charge in [-0.25, -0.2) is 14.8 Å². The van der Waals surface area contributed by atoms with E-state index in [2.05, 4.69) is 9.97 Å². The van der Waals surface area contributed by atoms with Gasteiger partial charge in [0.1, 0.15) is 10.7 Å². The van der Waals surface area contributed by atoms with E-state index >= 15 is 0 Å². The lowest BCUT2D eigenvalue weighted by Gasteiger charge is -2.23. The van der Waals surface area contributed by atoms with E-state index in [0.29, 0.717) is 17.1 Å². The van der Waals surface area contributed by atoms with Gasteiger partial charge in [-0.15, -0.1) is 11.3 Å². The molecule has 0 amide bonds. The number of hydrogen-bond donors (Lipinski definition) is 1. The predicted octanol–water partition coefficient (Wildman–Crippen LogP) is 2.66. The number of nitrogens with zero attached hydrogens (tertiary/aromatic N) is 2. The van der Waals surface area contributed by atoms with Gasteiger partial charge in [-0.3, -0.25) is 0 Å². The molecule has 5 heteroatoms. The molecule has 0 aliphatic heterocycles. The second-order valence-corrected chi connectivity index (χ2v) is 4.90. The molecule has 0 aromatic carbocycles. The normalized spacial score (nSPS) is 16.2. The maximum Gasteiger partial charge on any atom is 0.355 e. The number of carbonyl (C=O) groups is 1. The molecule has 82 valence electrons. The van der Waals surface area contributed by atoms with E-state index in [4.69, 9.17) is 5.11 Å². The van der Waals surface area contributed by atoms with Crippen molar-refractivity contribution in [1.82, 2.24) is 9.97 Å². The van der Waals surface area contributed by atoms with Crippen LogP contribution in [0, 0.1) is 0 Å². The molecule has 4 nitrogen and oxygen atoms in total. The largest absolute Gasteiger partial charge is 0.476 e. The maximum absolute atomic E-state index is 11.1. The number of carboxylic acid groups (broad SMARTS) is 1. The van der Waals surface area contributed by atoms with Crippen LogP contribution in [0.25, 0.3) is 10.2 Å². The summed E-state index contributed by atoms with van der Waals surface area (Å²) in [4.78, 5) is 20.5. The van der Waals surface area contributed by atoms with E-state index in [1.165, 1.54) is 17.8 Å². The van der Waals surface area contributed by atoms with E-state index in [9.17, 15) is 4.79 Å². The van der Waals surface area contributed by atoms with E-state index in [0.717, 1.165) is 17.7 Å². The summed E-state index contributed by atoms with van der Waals surface area (Å²) in [7, 11) is 0. The van der Waals surface area contributed by atoms with Crippen LogP contribution in [0.1, 0.15) is 41.5 Å². The Morgan fingerprint density at radius 2 is 2.25 bits per heavy atom. The molecule has 1 saturated carbocycles. The summed E-state index contributed by atoms with van der Waals surface area (Å²) < 4.78 is 0. The molecule has 0 radical (unpaired) electrons. The van der Waals surface area contributed by atoms with E-state index in [1.807, 2.05) is 5.38 Å². The van der Waals surface area contributed by atoms with Crippen LogP contribution >= 0.6 is 11.3 Å². The Morgan fingerprint density at radius 1 is 1.44 bits per heavy atom. The van der Waals surface area contributed by atoms with E-state index < -0.39 is 5.97 Å². The average molecular weight is 234 g/mol. The molecule has 1 N–H and O–H groups in total. The standard InChI is InChI=1S/C11H10N2O2S/c14-11(15)8-7-4-5-16-10(7)13-9(12-8)6-2-1-3-6/h4-6H,1-3H2,(H,14,15). The highest BCUT2D eigenvalue weighted by Gasteiger charge is 2.25. The minimum Gasteiger partial charge on any atom is -0.476 e. The number of fused-ring (bicyclic) bond motifs is 1. The summed E-state index contributed by atoms with van der Waals surface area (Å²) in [6.45, 7) is 0. The van der Waals surface area contributed by atoms with Gasteiger partial charge in [-0.05, 0) is 24.3 Å². The highest BCUT2D eigenvalue weighted by molar-refractivity contribution is 7.16. The molecule has 0 saturated heterocycles. The Bertz CT molecular complexity index is 560. The third-order valence-corrected chi connectivity index (χ3v) is 3.82. The van der Waals surface area contributed by atoms with Crippen LogP contribution in [0.3, 0.4) is 0 Å². The first-order valence-electron chi connectivity index (χ1n) is 5.24. The van der Waals surface area contributed by atoms with Crippen LogP contribution in [-0.2, 0) is 0 Å². The van der Waals surface area contributed by atoms with Gasteiger partial charge in [-0.2, -0.15) is 0 Å². The van der Waals surface area contributed by atoms with Crippen molar-refractivity contribution < 1.29 is 9.90 Å². The van der Waals surface area contributed by atoms with Gasteiger partial charge in [-0.1, -0.05) is 6.42 Å². The number of thiophene rings is 1. The number of hydrogen-bond acceptors (Lipinski definition) is 4. The lowest BCUT2D eigenvalue weighted by atomic mass is 9.85. The fourth-order valence-corrected chi connectivity index (χ4v) is 2.65. The number of aromatic carboxylic acids is 1. The molecular formula is C11H10N2O2S. The summed E-state index contributed by atoms with van der Waals surface area (Å²) in [5.74, 6) is 0.106. The fraction of sp³-hybridized carbons (Fsp3) is 0.364. The molecule has 2 heterocycles. The second kappa shape index (κ2) is 3.52. The molecule has 0 atom stereocenters. The van der Waals surface area contributed by atoms with Crippen molar-refractivity contribution in [2.24, 2.45) is 0 Å². The summed E-state index contributed by atoms with van der Waals surface area (Å²) in [6, 6.07) is 1.77. The molecule has 3 rings (SSSR count). The third-order valence-electron chi connectivity index (χ3n) is 3.02. The van der Waals surface area contributed by atoms with Crippen molar-refractivity contribution in [2.75, 3.05) is 0 Å². The fourth-order valence-electron chi connectivity index (χ4n) is 1.88. The molecule has 0 spiro atoms. The lowest BCUT2D eigenvalue weighted by Crippen LogP contribution is -2.15. The Kier molecular flexibility index (Phi) is 2.14. The third kappa shape index (κ3) is 1.39. The van der Waals surface area contributed by atoms with E-state index in [-0.39, 0.29) is 5.69 Å². The molecule has 0 bridgehead atoms. The average Bonchev–Trinajstić information content (AvgIpc) is 2.61. The molecule has 1 fully saturated rings. The molecule has 16 heavy (non-hydrogen) atoms. The summed E-state index contributed by atoms with van der Waals surface area (Å²) in [6.07, 6.45) is 3.35. The van der Waals surface area contributed by atoms with Crippen LogP contribution in [-0.4, -0.2) is 21.0 Å². The Hall–Kier alpha value is -1.49. The van der Waals surface area contributed by atoms with E-state index in [1.54, 1.807) is 6.07 Å². The Morgan fingerprint density at radius 3 is 2.88 bits per heavy atom. The van der Waals surface area contributed by atoms with Crippen LogP contribution in [0.5, 0.6) is 0 Å². The maximum atomic E-state index is 11.1.